The van der Waals surface area contributed by atoms with Crippen molar-refractivity contribution in [2.45, 2.75) is 6.92 Å². The largest absolute Gasteiger partial charge is 0.478 e. The molecule has 2 rings (SSSR count). The first-order valence-electron chi connectivity index (χ1n) is 6.31. The molecule has 100 valence electrons. The van der Waals surface area contributed by atoms with Gasteiger partial charge in [-0.3, -0.25) is 4.90 Å². The van der Waals surface area contributed by atoms with Gasteiger partial charge in [-0.25, -0.2) is 9.97 Å². The SMILES string of the molecule is CCOc1cc(N2CCN(CCBr)CC2)ncn1. The fourth-order valence-corrected chi connectivity index (χ4v) is 2.55. The number of aromatic nitrogens is 2. The van der Waals surface area contributed by atoms with Crippen molar-refractivity contribution in [3.8, 4) is 5.88 Å². The molecule has 5 nitrogen and oxygen atoms in total. The molecular weight excluding hydrogens is 296 g/mol. The van der Waals surface area contributed by atoms with Gasteiger partial charge in [-0.1, -0.05) is 15.9 Å². The third kappa shape index (κ3) is 3.55. The Bertz CT molecular complexity index is 369. The highest BCUT2D eigenvalue weighted by atomic mass is 79.9. The molecule has 0 N–H and O–H groups in total. The van der Waals surface area contributed by atoms with Crippen LogP contribution < -0.4 is 9.64 Å². The fraction of sp³-hybridized carbons (Fsp3) is 0.667. The highest BCUT2D eigenvalue weighted by Crippen LogP contribution is 2.17. The topological polar surface area (TPSA) is 41.5 Å². The van der Waals surface area contributed by atoms with Gasteiger partial charge in [0.15, 0.2) is 0 Å². The van der Waals surface area contributed by atoms with Crippen LogP contribution in [-0.4, -0.2) is 59.5 Å². The summed E-state index contributed by atoms with van der Waals surface area (Å²) < 4.78 is 5.40. The van der Waals surface area contributed by atoms with Crippen LogP contribution in [0.3, 0.4) is 0 Å². The lowest BCUT2D eigenvalue weighted by molar-refractivity contribution is 0.273. The molecule has 1 aromatic heterocycles. The van der Waals surface area contributed by atoms with Crippen LogP contribution in [0.25, 0.3) is 0 Å². The molecule has 0 aliphatic carbocycles. The monoisotopic (exact) mass is 314 g/mol. The molecule has 1 aliphatic rings. The van der Waals surface area contributed by atoms with Crippen LogP contribution in [0.5, 0.6) is 5.88 Å². The minimum absolute atomic E-state index is 0.634. The minimum Gasteiger partial charge on any atom is -0.478 e. The van der Waals surface area contributed by atoms with E-state index >= 15 is 0 Å². The lowest BCUT2D eigenvalue weighted by Gasteiger charge is -2.35. The predicted molar refractivity (Wildman–Crippen MR) is 75.6 cm³/mol. The maximum absolute atomic E-state index is 5.40. The summed E-state index contributed by atoms with van der Waals surface area (Å²) in [5.74, 6) is 1.62. The van der Waals surface area contributed by atoms with Crippen molar-refractivity contribution >= 4 is 21.7 Å². The molecule has 1 aliphatic heterocycles. The maximum atomic E-state index is 5.40. The van der Waals surface area contributed by atoms with E-state index in [0.29, 0.717) is 12.5 Å². The van der Waals surface area contributed by atoms with Crippen LogP contribution in [0.15, 0.2) is 12.4 Å². The predicted octanol–water partition coefficient (Wildman–Crippen LogP) is 1.39. The molecule has 1 saturated heterocycles. The Morgan fingerprint density at radius 3 is 2.72 bits per heavy atom. The molecule has 0 saturated carbocycles. The average Bonchev–Trinajstić information content (AvgIpc) is 2.41. The number of halogens is 1. The van der Waals surface area contributed by atoms with E-state index in [1.54, 1.807) is 6.33 Å². The lowest BCUT2D eigenvalue weighted by atomic mass is 10.3. The van der Waals surface area contributed by atoms with Gasteiger partial charge in [0.1, 0.15) is 12.1 Å². The van der Waals surface area contributed by atoms with E-state index in [9.17, 15) is 0 Å². The number of alkyl halides is 1. The molecule has 1 fully saturated rings. The molecule has 0 aromatic carbocycles. The van der Waals surface area contributed by atoms with Crippen molar-refractivity contribution in [2.75, 3.05) is 49.6 Å². The Balaban J connectivity index is 1.94. The second-order valence-corrected chi connectivity index (χ2v) is 4.96. The van der Waals surface area contributed by atoms with Crippen LogP contribution in [0, 0.1) is 0 Å². The maximum Gasteiger partial charge on any atom is 0.218 e. The molecule has 6 heteroatoms. The average molecular weight is 315 g/mol. The summed E-state index contributed by atoms with van der Waals surface area (Å²) in [6.07, 6.45) is 1.57. The van der Waals surface area contributed by atoms with E-state index in [1.165, 1.54) is 0 Å². The Morgan fingerprint density at radius 2 is 2.06 bits per heavy atom. The van der Waals surface area contributed by atoms with E-state index in [-0.39, 0.29) is 0 Å². The van der Waals surface area contributed by atoms with Gasteiger partial charge in [0.2, 0.25) is 5.88 Å². The lowest BCUT2D eigenvalue weighted by Crippen LogP contribution is -2.47. The molecule has 1 aromatic rings. The molecule has 0 bridgehead atoms. The van der Waals surface area contributed by atoms with Crippen molar-refractivity contribution in [1.29, 1.82) is 0 Å². The van der Waals surface area contributed by atoms with E-state index in [1.807, 2.05) is 13.0 Å². The van der Waals surface area contributed by atoms with Gasteiger partial charge in [-0.05, 0) is 6.92 Å². The third-order valence-electron chi connectivity index (χ3n) is 3.02. The molecule has 0 unspecified atom stereocenters. The first-order chi connectivity index (χ1) is 8.83. The zero-order valence-electron chi connectivity index (χ0n) is 10.7. The van der Waals surface area contributed by atoms with E-state index in [4.69, 9.17) is 4.74 Å². The van der Waals surface area contributed by atoms with Crippen molar-refractivity contribution in [2.24, 2.45) is 0 Å². The summed E-state index contributed by atoms with van der Waals surface area (Å²) >= 11 is 3.48. The highest BCUT2D eigenvalue weighted by molar-refractivity contribution is 9.09. The normalized spacial score (nSPS) is 16.9. The van der Waals surface area contributed by atoms with Gasteiger partial charge >= 0.3 is 0 Å². The zero-order chi connectivity index (χ0) is 12.8. The molecular formula is C12H19BrN4O. The summed E-state index contributed by atoms with van der Waals surface area (Å²) in [7, 11) is 0. The Kier molecular flexibility index (Phi) is 5.19. The number of nitrogens with zero attached hydrogens (tertiary/aromatic N) is 4. The first-order valence-corrected chi connectivity index (χ1v) is 7.43. The molecule has 0 radical (unpaired) electrons. The van der Waals surface area contributed by atoms with Crippen molar-refractivity contribution in [3.63, 3.8) is 0 Å². The summed E-state index contributed by atoms with van der Waals surface area (Å²) in [4.78, 5) is 13.2. The van der Waals surface area contributed by atoms with Crippen molar-refractivity contribution < 1.29 is 4.74 Å². The van der Waals surface area contributed by atoms with E-state index < -0.39 is 0 Å². The minimum atomic E-state index is 0.634. The fourth-order valence-electron chi connectivity index (χ4n) is 2.05. The van der Waals surface area contributed by atoms with Gasteiger partial charge in [0, 0.05) is 44.1 Å². The summed E-state index contributed by atoms with van der Waals surface area (Å²) in [5, 5.41) is 1.04. The summed E-state index contributed by atoms with van der Waals surface area (Å²) in [6.45, 7) is 7.89. The summed E-state index contributed by atoms with van der Waals surface area (Å²) in [6, 6.07) is 1.92. The van der Waals surface area contributed by atoms with Crippen LogP contribution in [0.4, 0.5) is 5.82 Å². The van der Waals surface area contributed by atoms with Crippen molar-refractivity contribution in [3.05, 3.63) is 12.4 Å². The first kappa shape index (κ1) is 13.5. The van der Waals surface area contributed by atoms with Crippen LogP contribution in [0.2, 0.25) is 0 Å². The smallest absolute Gasteiger partial charge is 0.218 e. The van der Waals surface area contributed by atoms with Crippen LogP contribution in [0.1, 0.15) is 6.92 Å². The van der Waals surface area contributed by atoms with E-state index in [0.717, 1.165) is 43.9 Å². The van der Waals surface area contributed by atoms with Gasteiger partial charge in [0.05, 0.1) is 6.61 Å². The highest BCUT2D eigenvalue weighted by Gasteiger charge is 2.17. The molecule has 18 heavy (non-hydrogen) atoms. The Hall–Kier alpha value is -0.880. The quantitative estimate of drug-likeness (QED) is 0.768. The second kappa shape index (κ2) is 6.89. The van der Waals surface area contributed by atoms with Gasteiger partial charge < -0.3 is 9.64 Å². The Labute approximate surface area is 116 Å². The second-order valence-electron chi connectivity index (χ2n) is 4.17. The number of hydrogen-bond donors (Lipinski definition) is 0. The van der Waals surface area contributed by atoms with Gasteiger partial charge in [-0.15, -0.1) is 0 Å². The van der Waals surface area contributed by atoms with Crippen LogP contribution >= 0.6 is 15.9 Å². The number of ether oxygens (including phenoxy) is 1. The molecule has 0 spiro atoms. The number of anilines is 1. The number of piperazine rings is 1. The van der Waals surface area contributed by atoms with E-state index in [2.05, 4.69) is 35.7 Å². The number of hydrogen-bond acceptors (Lipinski definition) is 5. The third-order valence-corrected chi connectivity index (χ3v) is 3.37. The molecule has 0 atom stereocenters. The molecule has 0 amide bonds. The molecule has 2 heterocycles. The number of rotatable bonds is 5. The van der Waals surface area contributed by atoms with Gasteiger partial charge in [0.25, 0.3) is 0 Å². The standard InChI is InChI=1S/C12H19BrN4O/c1-2-18-12-9-11(14-10-15-12)17-7-5-16(4-3-13)6-8-17/h9-10H,2-8H2,1H3. The van der Waals surface area contributed by atoms with Crippen LogP contribution in [-0.2, 0) is 0 Å². The zero-order valence-corrected chi connectivity index (χ0v) is 12.3. The van der Waals surface area contributed by atoms with Gasteiger partial charge in [-0.2, -0.15) is 0 Å². The Morgan fingerprint density at radius 1 is 1.28 bits per heavy atom. The van der Waals surface area contributed by atoms with Crippen molar-refractivity contribution in [1.82, 2.24) is 14.9 Å². The summed E-state index contributed by atoms with van der Waals surface area (Å²) in [5.41, 5.74) is 0.